The molecule has 0 spiro atoms. The zero-order valence-electron chi connectivity index (χ0n) is 8.53. The van der Waals surface area contributed by atoms with Gasteiger partial charge in [-0.05, 0) is 12.0 Å². The highest BCUT2D eigenvalue weighted by Gasteiger charge is 2.32. The Bertz CT molecular complexity index is 345. The molecule has 1 N–H and O–H groups in total. The minimum Gasteiger partial charge on any atom is -0.353 e. The molecule has 14 heavy (non-hydrogen) atoms. The Kier molecular flexibility index (Phi) is 2.27. The molecular weight excluding hydrogens is 178 g/mol. The first-order valence-electron chi connectivity index (χ1n) is 4.98. The second-order valence-corrected chi connectivity index (χ2v) is 3.84. The summed E-state index contributed by atoms with van der Waals surface area (Å²) in [7, 11) is 1.90. The maximum atomic E-state index is 11.3. The number of amides is 1. The Morgan fingerprint density at radius 2 is 2.50 bits per heavy atom. The molecule has 0 aromatic carbocycles. The van der Waals surface area contributed by atoms with E-state index in [9.17, 15) is 4.79 Å². The van der Waals surface area contributed by atoms with Crippen molar-refractivity contribution in [2.75, 3.05) is 0 Å². The van der Waals surface area contributed by atoms with E-state index < -0.39 is 0 Å². The number of aromatic nitrogens is 2. The standard InChI is InChI=1S/C10H15N3O/c1-3-9-8(4-10(14)12-9)7-5-11-13(2)6-7/h5-6,8-9H,3-4H2,1-2H3,(H,12,14). The van der Waals surface area contributed by atoms with Crippen LogP contribution in [-0.2, 0) is 11.8 Å². The Balaban J connectivity index is 2.21. The summed E-state index contributed by atoms with van der Waals surface area (Å²) in [6.45, 7) is 2.10. The predicted octanol–water partition coefficient (Wildman–Crippen LogP) is 0.802. The predicted molar refractivity (Wildman–Crippen MR) is 52.8 cm³/mol. The van der Waals surface area contributed by atoms with Crippen LogP contribution in [0.25, 0.3) is 0 Å². The summed E-state index contributed by atoms with van der Waals surface area (Å²) in [6, 6.07) is 0.284. The largest absolute Gasteiger partial charge is 0.353 e. The van der Waals surface area contributed by atoms with Crippen LogP contribution in [0.1, 0.15) is 31.2 Å². The molecule has 0 bridgehead atoms. The van der Waals surface area contributed by atoms with Gasteiger partial charge < -0.3 is 5.32 Å². The number of carbonyl (C=O) groups excluding carboxylic acids is 1. The lowest BCUT2D eigenvalue weighted by Crippen LogP contribution is -2.27. The van der Waals surface area contributed by atoms with Crippen LogP contribution in [0.2, 0.25) is 0 Å². The Morgan fingerprint density at radius 3 is 3.07 bits per heavy atom. The molecular formula is C10H15N3O. The minimum atomic E-state index is 0.158. The number of hydrogen-bond donors (Lipinski definition) is 1. The van der Waals surface area contributed by atoms with Crippen LogP contribution in [0.3, 0.4) is 0 Å². The summed E-state index contributed by atoms with van der Waals surface area (Å²) in [5, 5.41) is 7.12. The van der Waals surface area contributed by atoms with Gasteiger partial charge in [0.2, 0.25) is 5.91 Å². The van der Waals surface area contributed by atoms with Gasteiger partial charge in [-0.25, -0.2) is 0 Å². The molecule has 0 aliphatic carbocycles. The van der Waals surface area contributed by atoms with Crippen LogP contribution in [-0.4, -0.2) is 21.7 Å². The molecule has 1 amide bonds. The molecule has 1 aliphatic rings. The second kappa shape index (κ2) is 3.44. The molecule has 1 aromatic heterocycles. The lowest BCUT2D eigenvalue weighted by molar-refractivity contribution is -0.119. The third-order valence-corrected chi connectivity index (χ3v) is 2.83. The number of nitrogens with one attached hydrogen (secondary N) is 1. The van der Waals surface area contributed by atoms with Crippen molar-refractivity contribution in [3.63, 3.8) is 0 Å². The first-order valence-corrected chi connectivity index (χ1v) is 4.98. The number of aryl methyl sites for hydroxylation is 1. The van der Waals surface area contributed by atoms with Crippen LogP contribution in [0.5, 0.6) is 0 Å². The van der Waals surface area contributed by atoms with Crippen molar-refractivity contribution in [3.05, 3.63) is 18.0 Å². The third-order valence-electron chi connectivity index (χ3n) is 2.83. The minimum absolute atomic E-state index is 0.158. The summed E-state index contributed by atoms with van der Waals surface area (Å²) in [5.74, 6) is 0.465. The highest BCUT2D eigenvalue weighted by molar-refractivity contribution is 5.80. The summed E-state index contributed by atoms with van der Waals surface area (Å²) in [5.41, 5.74) is 1.16. The van der Waals surface area contributed by atoms with Gasteiger partial charge in [0.25, 0.3) is 0 Å². The lowest BCUT2D eigenvalue weighted by Gasteiger charge is -2.14. The van der Waals surface area contributed by atoms with Crippen LogP contribution < -0.4 is 5.32 Å². The molecule has 1 fully saturated rings. The van der Waals surface area contributed by atoms with E-state index in [1.165, 1.54) is 0 Å². The van der Waals surface area contributed by atoms with Crippen molar-refractivity contribution >= 4 is 5.91 Å². The SMILES string of the molecule is CCC1NC(=O)CC1c1cnn(C)c1. The van der Waals surface area contributed by atoms with Gasteiger partial charge in [-0.15, -0.1) is 0 Å². The fourth-order valence-corrected chi connectivity index (χ4v) is 2.08. The van der Waals surface area contributed by atoms with Gasteiger partial charge in [0.05, 0.1) is 6.20 Å². The van der Waals surface area contributed by atoms with Gasteiger partial charge in [-0.2, -0.15) is 5.10 Å². The molecule has 0 radical (unpaired) electrons. The molecule has 2 atom stereocenters. The monoisotopic (exact) mass is 193 g/mol. The van der Waals surface area contributed by atoms with Gasteiger partial charge in [0.1, 0.15) is 0 Å². The Morgan fingerprint density at radius 1 is 1.71 bits per heavy atom. The van der Waals surface area contributed by atoms with E-state index in [0.717, 1.165) is 12.0 Å². The quantitative estimate of drug-likeness (QED) is 0.755. The fourth-order valence-electron chi connectivity index (χ4n) is 2.08. The van der Waals surface area contributed by atoms with Crippen molar-refractivity contribution in [3.8, 4) is 0 Å². The molecule has 4 heteroatoms. The van der Waals surface area contributed by atoms with Gasteiger partial charge in [-0.1, -0.05) is 6.92 Å². The van der Waals surface area contributed by atoms with E-state index >= 15 is 0 Å². The summed E-state index contributed by atoms with van der Waals surface area (Å²) in [4.78, 5) is 11.3. The molecule has 0 saturated carbocycles. The summed E-state index contributed by atoms with van der Waals surface area (Å²) < 4.78 is 1.78. The Labute approximate surface area is 83.3 Å². The molecule has 4 nitrogen and oxygen atoms in total. The number of carbonyl (C=O) groups is 1. The van der Waals surface area contributed by atoms with Gasteiger partial charge in [-0.3, -0.25) is 9.48 Å². The normalized spacial score (nSPS) is 26.6. The van der Waals surface area contributed by atoms with Crippen molar-refractivity contribution in [1.29, 1.82) is 0 Å². The first-order chi connectivity index (χ1) is 6.70. The number of hydrogen-bond acceptors (Lipinski definition) is 2. The van der Waals surface area contributed by atoms with Crippen LogP contribution >= 0.6 is 0 Å². The van der Waals surface area contributed by atoms with E-state index in [0.29, 0.717) is 12.3 Å². The maximum absolute atomic E-state index is 11.3. The summed E-state index contributed by atoms with van der Waals surface area (Å²) >= 11 is 0. The van der Waals surface area contributed by atoms with E-state index in [-0.39, 0.29) is 11.9 Å². The molecule has 1 aliphatic heterocycles. The molecule has 2 rings (SSSR count). The van der Waals surface area contributed by atoms with Crippen molar-refractivity contribution < 1.29 is 4.79 Å². The fraction of sp³-hybridized carbons (Fsp3) is 0.600. The zero-order chi connectivity index (χ0) is 10.1. The van der Waals surface area contributed by atoms with Crippen molar-refractivity contribution in [2.24, 2.45) is 7.05 Å². The van der Waals surface area contributed by atoms with Gasteiger partial charge in [0.15, 0.2) is 0 Å². The average molecular weight is 193 g/mol. The molecule has 2 heterocycles. The topological polar surface area (TPSA) is 46.9 Å². The zero-order valence-corrected chi connectivity index (χ0v) is 8.53. The van der Waals surface area contributed by atoms with E-state index in [2.05, 4.69) is 17.3 Å². The van der Waals surface area contributed by atoms with Crippen molar-refractivity contribution in [1.82, 2.24) is 15.1 Å². The third kappa shape index (κ3) is 1.52. The van der Waals surface area contributed by atoms with E-state index in [1.54, 1.807) is 4.68 Å². The number of rotatable bonds is 2. The maximum Gasteiger partial charge on any atom is 0.220 e. The average Bonchev–Trinajstić information content (AvgIpc) is 2.71. The highest BCUT2D eigenvalue weighted by atomic mass is 16.2. The molecule has 1 saturated heterocycles. The van der Waals surface area contributed by atoms with Gasteiger partial charge >= 0.3 is 0 Å². The smallest absolute Gasteiger partial charge is 0.220 e. The van der Waals surface area contributed by atoms with Crippen LogP contribution in [0, 0.1) is 0 Å². The highest BCUT2D eigenvalue weighted by Crippen LogP contribution is 2.29. The lowest BCUT2D eigenvalue weighted by atomic mass is 9.93. The van der Waals surface area contributed by atoms with Crippen LogP contribution in [0.4, 0.5) is 0 Å². The van der Waals surface area contributed by atoms with Crippen molar-refractivity contribution in [2.45, 2.75) is 31.7 Å². The number of nitrogens with zero attached hydrogens (tertiary/aromatic N) is 2. The Hall–Kier alpha value is -1.32. The van der Waals surface area contributed by atoms with E-state index in [4.69, 9.17) is 0 Å². The molecule has 1 aromatic rings. The first kappa shape index (κ1) is 9.24. The molecule has 2 unspecified atom stereocenters. The second-order valence-electron chi connectivity index (χ2n) is 3.84. The summed E-state index contributed by atoms with van der Waals surface area (Å²) in [6.07, 6.45) is 5.43. The van der Waals surface area contributed by atoms with Gasteiger partial charge in [0, 0.05) is 31.6 Å². The van der Waals surface area contributed by atoms with E-state index in [1.807, 2.05) is 19.4 Å². The van der Waals surface area contributed by atoms with Crippen LogP contribution in [0.15, 0.2) is 12.4 Å². The molecule has 76 valence electrons.